The van der Waals surface area contributed by atoms with E-state index in [0.717, 1.165) is 30.0 Å². The predicted octanol–water partition coefficient (Wildman–Crippen LogP) is 2.81. The van der Waals surface area contributed by atoms with Crippen LogP contribution in [0.1, 0.15) is 23.2 Å². The van der Waals surface area contributed by atoms with E-state index in [1.165, 1.54) is 0 Å². The summed E-state index contributed by atoms with van der Waals surface area (Å²) in [7, 11) is 7.73. The van der Waals surface area contributed by atoms with Crippen LogP contribution in [-0.4, -0.2) is 68.5 Å². The Bertz CT molecular complexity index is 763. The van der Waals surface area contributed by atoms with Crippen LogP contribution in [0.3, 0.4) is 0 Å². The fraction of sp³-hybridized carbons (Fsp3) is 0.409. The third-order valence-corrected chi connectivity index (χ3v) is 5.32. The quantitative estimate of drug-likeness (QED) is 0.814. The molecule has 27 heavy (non-hydrogen) atoms. The number of hydrogen-bond donors (Lipinski definition) is 0. The first kappa shape index (κ1) is 19.4. The van der Waals surface area contributed by atoms with E-state index < -0.39 is 0 Å². The molecule has 5 nitrogen and oxygen atoms in total. The van der Waals surface area contributed by atoms with Crippen LogP contribution < -0.4 is 4.74 Å². The lowest BCUT2D eigenvalue weighted by Gasteiger charge is -2.42. The maximum absolute atomic E-state index is 13.4. The minimum absolute atomic E-state index is 0.123. The summed E-state index contributed by atoms with van der Waals surface area (Å²) in [6, 6.07) is 17.9. The van der Waals surface area contributed by atoms with Gasteiger partial charge in [0.25, 0.3) is 0 Å². The monoisotopic (exact) mass is 367 g/mol. The molecule has 1 aliphatic heterocycles. The molecule has 1 saturated heterocycles. The average Bonchev–Trinajstić information content (AvgIpc) is 2.69. The first-order valence-corrected chi connectivity index (χ1v) is 9.36. The van der Waals surface area contributed by atoms with Gasteiger partial charge in [-0.05, 0) is 32.8 Å². The second-order valence-electron chi connectivity index (χ2n) is 7.30. The maximum atomic E-state index is 13.4. The van der Waals surface area contributed by atoms with Gasteiger partial charge in [0, 0.05) is 25.2 Å². The van der Waals surface area contributed by atoms with Crippen molar-refractivity contribution in [1.82, 2.24) is 14.7 Å². The lowest BCUT2D eigenvalue weighted by molar-refractivity contribution is -0.139. The molecule has 0 saturated carbocycles. The van der Waals surface area contributed by atoms with Gasteiger partial charge in [-0.2, -0.15) is 0 Å². The Kier molecular flexibility index (Phi) is 6.14. The second-order valence-corrected chi connectivity index (χ2v) is 7.30. The number of benzene rings is 2. The summed E-state index contributed by atoms with van der Waals surface area (Å²) in [6.45, 7) is 2.23. The number of para-hydroxylation sites is 1. The molecule has 2 atom stereocenters. The number of nitrogens with zero attached hydrogens (tertiary/aromatic N) is 3. The summed E-state index contributed by atoms with van der Waals surface area (Å²) in [4.78, 5) is 19.7. The van der Waals surface area contributed by atoms with Crippen molar-refractivity contribution in [3.05, 3.63) is 65.7 Å². The van der Waals surface area contributed by atoms with Crippen molar-refractivity contribution in [3.8, 4) is 5.75 Å². The number of rotatable bonds is 5. The van der Waals surface area contributed by atoms with Gasteiger partial charge in [-0.3, -0.25) is 14.6 Å². The number of ether oxygens (including phenoxy) is 1. The minimum Gasteiger partial charge on any atom is -0.496 e. The van der Waals surface area contributed by atoms with E-state index in [-0.39, 0.29) is 18.0 Å². The molecule has 0 aliphatic carbocycles. The van der Waals surface area contributed by atoms with Crippen LogP contribution in [0.5, 0.6) is 5.75 Å². The first-order chi connectivity index (χ1) is 13.0. The first-order valence-electron chi connectivity index (χ1n) is 9.36. The number of methoxy groups -OCH3 is 1. The highest BCUT2D eigenvalue weighted by Gasteiger charge is 2.34. The Morgan fingerprint density at radius 3 is 2.41 bits per heavy atom. The van der Waals surface area contributed by atoms with E-state index in [9.17, 15) is 4.79 Å². The lowest BCUT2D eigenvalue weighted by Crippen LogP contribution is -2.51. The third-order valence-electron chi connectivity index (χ3n) is 5.32. The number of likely N-dealkylation sites (N-methyl/N-ethyl adjacent to an activating group) is 2. The maximum Gasteiger partial charge on any atom is 0.244 e. The van der Waals surface area contributed by atoms with Gasteiger partial charge in [-0.25, -0.2) is 0 Å². The standard InChI is InChI=1S/C22H29N3O2/c1-23(2)21(17-10-6-5-7-11-17)22(26)25-15-14-24(3)19(16-25)18-12-8-9-13-20(18)27-4/h5-13,19,21H,14-16H2,1-4H3. The molecule has 2 aromatic carbocycles. The van der Waals surface area contributed by atoms with Gasteiger partial charge in [0.15, 0.2) is 0 Å². The van der Waals surface area contributed by atoms with Gasteiger partial charge in [0.1, 0.15) is 11.8 Å². The van der Waals surface area contributed by atoms with Crippen LogP contribution in [0.2, 0.25) is 0 Å². The highest BCUT2D eigenvalue weighted by atomic mass is 16.5. The molecule has 5 heteroatoms. The summed E-state index contributed by atoms with van der Waals surface area (Å²) in [5.41, 5.74) is 2.15. The molecule has 1 aliphatic rings. The van der Waals surface area contributed by atoms with Gasteiger partial charge in [0.05, 0.1) is 13.2 Å². The molecule has 144 valence electrons. The Hall–Kier alpha value is -2.37. The summed E-state index contributed by atoms with van der Waals surface area (Å²) >= 11 is 0. The third kappa shape index (κ3) is 4.15. The van der Waals surface area contributed by atoms with Crippen molar-refractivity contribution in [3.63, 3.8) is 0 Å². The van der Waals surface area contributed by atoms with Crippen LogP contribution in [0, 0.1) is 0 Å². The molecule has 1 heterocycles. The molecule has 0 spiro atoms. The number of carbonyl (C=O) groups is 1. The molecular weight excluding hydrogens is 338 g/mol. The molecular formula is C22H29N3O2. The fourth-order valence-corrected chi connectivity index (χ4v) is 3.82. The molecule has 0 aromatic heterocycles. The molecule has 0 radical (unpaired) electrons. The normalized spacial score (nSPS) is 19.1. The zero-order valence-corrected chi connectivity index (χ0v) is 16.6. The van der Waals surface area contributed by atoms with Crippen molar-refractivity contribution in [2.24, 2.45) is 0 Å². The zero-order chi connectivity index (χ0) is 19.4. The summed E-state index contributed by atoms with van der Waals surface area (Å²) in [5.74, 6) is 1.02. The predicted molar refractivity (Wildman–Crippen MR) is 108 cm³/mol. The van der Waals surface area contributed by atoms with Crippen LogP contribution in [0.15, 0.2) is 54.6 Å². The highest BCUT2D eigenvalue weighted by Crippen LogP contribution is 2.32. The van der Waals surface area contributed by atoms with Gasteiger partial charge < -0.3 is 9.64 Å². The smallest absolute Gasteiger partial charge is 0.244 e. The van der Waals surface area contributed by atoms with Crippen LogP contribution in [0.4, 0.5) is 0 Å². The van der Waals surface area contributed by atoms with Gasteiger partial charge in [-0.1, -0.05) is 48.5 Å². The van der Waals surface area contributed by atoms with Crippen LogP contribution in [0.25, 0.3) is 0 Å². The molecule has 1 fully saturated rings. The zero-order valence-electron chi connectivity index (χ0n) is 16.6. The van der Waals surface area contributed by atoms with E-state index in [4.69, 9.17) is 4.74 Å². The number of hydrogen-bond acceptors (Lipinski definition) is 4. The SMILES string of the molecule is COc1ccccc1C1CN(C(=O)C(c2ccccc2)N(C)C)CCN1C. The van der Waals surface area contributed by atoms with Crippen LogP contribution in [-0.2, 0) is 4.79 Å². The van der Waals surface area contributed by atoms with Crippen molar-refractivity contribution in [2.75, 3.05) is 47.9 Å². The van der Waals surface area contributed by atoms with Gasteiger partial charge in [-0.15, -0.1) is 0 Å². The Morgan fingerprint density at radius 1 is 1.07 bits per heavy atom. The van der Waals surface area contributed by atoms with Crippen molar-refractivity contribution in [1.29, 1.82) is 0 Å². The topological polar surface area (TPSA) is 36.0 Å². The van der Waals surface area contributed by atoms with E-state index in [0.29, 0.717) is 6.54 Å². The summed E-state index contributed by atoms with van der Waals surface area (Å²) in [5, 5.41) is 0. The Balaban J connectivity index is 1.85. The Morgan fingerprint density at radius 2 is 1.74 bits per heavy atom. The average molecular weight is 367 g/mol. The van der Waals surface area contributed by atoms with Gasteiger partial charge in [0.2, 0.25) is 5.91 Å². The molecule has 0 N–H and O–H groups in total. The van der Waals surface area contributed by atoms with Crippen molar-refractivity contribution >= 4 is 5.91 Å². The van der Waals surface area contributed by atoms with E-state index in [2.05, 4.69) is 18.0 Å². The fourth-order valence-electron chi connectivity index (χ4n) is 3.82. The number of carbonyl (C=O) groups excluding carboxylic acids is 1. The molecule has 0 bridgehead atoms. The molecule has 3 rings (SSSR count). The minimum atomic E-state index is -0.270. The Labute approximate surface area is 162 Å². The van der Waals surface area contributed by atoms with E-state index in [1.807, 2.05) is 72.4 Å². The van der Waals surface area contributed by atoms with Crippen molar-refractivity contribution < 1.29 is 9.53 Å². The van der Waals surface area contributed by atoms with Crippen molar-refractivity contribution in [2.45, 2.75) is 12.1 Å². The summed E-state index contributed by atoms with van der Waals surface area (Å²) < 4.78 is 5.56. The number of amides is 1. The largest absolute Gasteiger partial charge is 0.496 e. The van der Waals surface area contributed by atoms with Crippen LogP contribution >= 0.6 is 0 Å². The second kappa shape index (κ2) is 8.55. The highest BCUT2D eigenvalue weighted by molar-refractivity contribution is 5.83. The molecule has 1 amide bonds. The lowest BCUT2D eigenvalue weighted by atomic mass is 9.99. The van der Waals surface area contributed by atoms with E-state index >= 15 is 0 Å². The molecule has 2 unspecified atom stereocenters. The summed E-state index contributed by atoms with van der Waals surface area (Å²) in [6.07, 6.45) is 0. The van der Waals surface area contributed by atoms with E-state index in [1.54, 1.807) is 7.11 Å². The molecule has 2 aromatic rings. The van der Waals surface area contributed by atoms with Gasteiger partial charge >= 0.3 is 0 Å². The number of piperazine rings is 1.